The molecular formula is C20H27N5O2. The molecule has 0 saturated carbocycles. The first-order chi connectivity index (χ1) is 13.0. The molecule has 7 heteroatoms. The maximum atomic E-state index is 12.4. The van der Waals surface area contributed by atoms with Gasteiger partial charge >= 0.3 is 0 Å². The number of nitrogens with two attached hydrogens (primary N) is 1. The zero-order valence-electron chi connectivity index (χ0n) is 15.8. The number of nitrogens with zero attached hydrogens (tertiary/aromatic N) is 3. The Morgan fingerprint density at radius 3 is 2.63 bits per heavy atom. The molecule has 1 saturated heterocycles. The van der Waals surface area contributed by atoms with Crippen molar-refractivity contribution in [3.8, 4) is 0 Å². The fourth-order valence-electron chi connectivity index (χ4n) is 3.22. The molecule has 1 aliphatic rings. The molecule has 0 radical (unpaired) electrons. The molecular weight excluding hydrogens is 342 g/mol. The summed E-state index contributed by atoms with van der Waals surface area (Å²) in [6.07, 6.45) is -0.352. The first-order valence-corrected chi connectivity index (χ1v) is 9.28. The third kappa shape index (κ3) is 4.81. The Bertz CT molecular complexity index is 763. The lowest BCUT2D eigenvalue weighted by Crippen LogP contribution is -2.43. The number of β-amino-alcohol motifs (C(OH)–C–C–N with tert-alkyl or cyclic N) is 1. The van der Waals surface area contributed by atoms with Crippen LogP contribution in [0.3, 0.4) is 0 Å². The summed E-state index contributed by atoms with van der Waals surface area (Å²) >= 11 is 0. The molecule has 3 rings (SSSR count). The normalized spacial score (nSPS) is 20.5. The average Bonchev–Trinajstić information content (AvgIpc) is 3.02. The summed E-state index contributed by atoms with van der Waals surface area (Å²) in [7, 11) is 0. The number of aliphatic hydroxyl groups excluding tert-OH is 1. The molecule has 4 N–H and O–H groups in total. The molecule has 2 heterocycles. The van der Waals surface area contributed by atoms with Crippen molar-refractivity contribution in [2.45, 2.75) is 38.3 Å². The highest BCUT2D eigenvalue weighted by Crippen LogP contribution is 2.18. The van der Waals surface area contributed by atoms with Gasteiger partial charge in [0.1, 0.15) is 0 Å². The molecule has 1 amide bonds. The third-order valence-corrected chi connectivity index (χ3v) is 5.01. The molecule has 1 aromatic heterocycles. The van der Waals surface area contributed by atoms with Gasteiger partial charge in [-0.2, -0.15) is 5.10 Å². The fourth-order valence-corrected chi connectivity index (χ4v) is 3.22. The highest BCUT2D eigenvalue weighted by atomic mass is 16.3. The number of aliphatic hydroxyl groups is 1. The van der Waals surface area contributed by atoms with Crippen LogP contribution in [0.15, 0.2) is 36.4 Å². The van der Waals surface area contributed by atoms with Gasteiger partial charge in [-0.05, 0) is 42.6 Å². The number of hydrogen-bond acceptors (Lipinski definition) is 6. The number of aromatic nitrogens is 2. The lowest BCUT2D eigenvalue weighted by Gasteiger charge is -2.17. The lowest BCUT2D eigenvalue weighted by atomic mass is 9.99. The van der Waals surface area contributed by atoms with E-state index < -0.39 is 6.10 Å². The van der Waals surface area contributed by atoms with Crippen molar-refractivity contribution in [1.29, 1.82) is 0 Å². The van der Waals surface area contributed by atoms with E-state index in [-0.39, 0.29) is 18.4 Å². The van der Waals surface area contributed by atoms with Gasteiger partial charge in [0, 0.05) is 13.1 Å². The van der Waals surface area contributed by atoms with E-state index in [1.807, 2.05) is 48.2 Å². The predicted molar refractivity (Wildman–Crippen MR) is 105 cm³/mol. The van der Waals surface area contributed by atoms with Crippen molar-refractivity contribution >= 4 is 11.7 Å². The average molecular weight is 369 g/mol. The van der Waals surface area contributed by atoms with Gasteiger partial charge in [0.25, 0.3) is 0 Å². The van der Waals surface area contributed by atoms with Gasteiger partial charge < -0.3 is 21.1 Å². The summed E-state index contributed by atoms with van der Waals surface area (Å²) < 4.78 is 0. The highest BCUT2D eigenvalue weighted by Gasteiger charge is 2.33. The van der Waals surface area contributed by atoms with Crippen LogP contribution in [-0.2, 0) is 11.2 Å². The number of hydrogen-bond donors (Lipinski definition) is 3. The lowest BCUT2D eigenvalue weighted by molar-refractivity contribution is -0.121. The summed E-state index contributed by atoms with van der Waals surface area (Å²) in [5, 5.41) is 21.4. The van der Waals surface area contributed by atoms with Crippen molar-refractivity contribution < 1.29 is 9.90 Å². The zero-order valence-corrected chi connectivity index (χ0v) is 15.8. The Morgan fingerprint density at radius 2 is 2.00 bits per heavy atom. The van der Waals surface area contributed by atoms with E-state index in [1.165, 1.54) is 5.56 Å². The van der Waals surface area contributed by atoms with Gasteiger partial charge in [-0.3, -0.25) is 4.79 Å². The minimum atomic E-state index is -0.634. The minimum Gasteiger partial charge on any atom is -0.389 e. The van der Waals surface area contributed by atoms with E-state index in [0.717, 1.165) is 11.3 Å². The Morgan fingerprint density at radius 1 is 1.26 bits per heavy atom. The van der Waals surface area contributed by atoms with Gasteiger partial charge in [0.05, 0.1) is 24.3 Å². The van der Waals surface area contributed by atoms with Crippen molar-refractivity contribution in [3.63, 3.8) is 0 Å². The molecule has 7 nitrogen and oxygen atoms in total. The first kappa shape index (κ1) is 19.3. The Kier molecular flexibility index (Phi) is 6.03. The number of carbonyl (C=O) groups is 1. The second-order valence-corrected chi connectivity index (χ2v) is 7.23. The van der Waals surface area contributed by atoms with Gasteiger partial charge in [-0.25, -0.2) is 0 Å². The number of carbonyl (C=O) groups excluding carboxylic acids is 1. The maximum Gasteiger partial charge on any atom is 0.224 e. The summed E-state index contributed by atoms with van der Waals surface area (Å²) in [5.74, 6) is 0.911. The van der Waals surface area contributed by atoms with E-state index in [4.69, 9.17) is 5.73 Å². The second kappa shape index (κ2) is 8.45. The number of amides is 1. The first-order valence-electron chi connectivity index (χ1n) is 9.28. The highest BCUT2D eigenvalue weighted by molar-refractivity contribution is 5.79. The predicted octanol–water partition coefficient (Wildman–Crippen LogP) is 0.756. The van der Waals surface area contributed by atoms with Crippen LogP contribution in [-0.4, -0.2) is 53.0 Å². The summed E-state index contributed by atoms with van der Waals surface area (Å²) in [6.45, 7) is 5.49. The molecule has 27 heavy (non-hydrogen) atoms. The van der Waals surface area contributed by atoms with E-state index in [2.05, 4.69) is 22.4 Å². The molecule has 3 atom stereocenters. The molecule has 1 aliphatic heterocycles. The number of anilines is 1. The largest absolute Gasteiger partial charge is 0.389 e. The number of benzene rings is 1. The van der Waals surface area contributed by atoms with Crippen molar-refractivity contribution in [3.05, 3.63) is 53.2 Å². The Hall–Kier alpha value is -2.51. The molecule has 0 spiro atoms. The summed E-state index contributed by atoms with van der Waals surface area (Å²) in [4.78, 5) is 14.3. The quantitative estimate of drug-likeness (QED) is 0.694. The Balaban J connectivity index is 1.55. The van der Waals surface area contributed by atoms with Crippen LogP contribution in [0.2, 0.25) is 0 Å². The standard InChI is InChI=1S/C20H27N5O2/c1-13(10-21)16-6-4-15(5-7-16)9-20(27)22-17-11-25(12-18(17)26)19-8-3-14(2)23-24-19/h3-8,13,17-18,26H,9-12,21H2,1-2H3,(H,22,27)/t13?,17-,18-/m1/s1. The SMILES string of the molecule is Cc1ccc(N2C[C@@H](O)[C@H](NC(=O)Cc3ccc(C(C)CN)cc3)C2)nn1. The summed E-state index contributed by atoms with van der Waals surface area (Å²) in [5.41, 5.74) is 8.64. The monoisotopic (exact) mass is 369 g/mol. The van der Waals surface area contributed by atoms with Gasteiger partial charge in [0.2, 0.25) is 5.91 Å². The summed E-state index contributed by atoms with van der Waals surface area (Å²) in [6, 6.07) is 11.4. The van der Waals surface area contributed by atoms with E-state index in [9.17, 15) is 9.90 Å². The van der Waals surface area contributed by atoms with Crippen molar-refractivity contribution in [1.82, 2.24) is 15.5 Å². The number of nitrogens with one attached hydrogen (secondary N) is 1. The zero-order chi connectivity index (χ0) is 19.4. The van der Waals surface area contributed by atoms with E-state index in [1.54, 1.807) is 0 Å². The fraction of sp³-hybridized carbons (Fsp3) is 0.450. The molecule has 144 valence electrons. The molecule has 0 bridgehead atoms. The third-order valence-electron chi connectivity index (χ3n) is 5.01. The van der Waals surface area contributed by atoms with Crippen LogP contribution in [0.25, 0.3) is 0 Å². The van der Waals surface area contributed by atoms with Crippen LogP contribution in [0.5, 0.6) is 0 Å². The van der Waals surface area contributed by atoms with Gasteiger partial charge in [-0.15, -0.1) is 5.10 Å². The molecule has 0 aliphatic carbocycles. The van der Waals surface area contributed by atoms with Gasteiger partial charge in [-0.1, -0.05) is 31.2 Å². The molecule has 1 fully saturated rings. The van der Waals surface area contributed by atoms with E-state index in [0.29, 0.717) is 31.4 Å². The molecule has 2 aromatic rings. The maximum absolute atomic E-state index is 12.4. The van der Waals surface area contributed by atoms with Crippen molar-refractivity contribution in [2.75, 3.05) is 24.5 Å². The smallest absolute Gasteiger partial charge is 0.224 e. The van der Waals surface area contributed by atoms with Crippen LogP contribution >= 0.6 is 0 Å². The van der Waals surface area contributed by atoms with Crippen LogP contribution in [0.4, 0.5) is 5.82 Å². The van der Waals surface area contributed by atoms with Gasteiger partial charge in [0.15, 0.2) is 5.82 Å². The number of rotatable bonds is 6. The second-order valence-electron chi connectivity index (χ2n) is 7.23. The van der Waals surface area contributed by atoms with Crippen LogP contribution < -0.4 is 16.0 Å². The Labute approximate surface area is 159 Å². The number of aryl methyl sites for hydroxylation is 1. The van der Waals surface area contributed by atoms with Crippen LogP contribution in [0.1, 0.15) is 29.7 Å². The topological polar surface area (TPSA) is 104 Å². The molecule has 1 unspecified atom stereocenters. The minimum absolute atomic E-state index is 0.101. The van der Waals surface area contributed by atoms with E-state index >= 15 is 0 Å². The molecule has 1 aromatic carbocycles. The van der Waals surface area contributed by atoms with Crippen molar-refractivity contribution in [2.24, 2.45) is 5.73 Å². The van der Waals surface area contributed by atoms with Crippen LogP contribution in [0, 0.1) is 6.92 Å².